The monoisotopic (exact) mass is 493 g/mol. The highest BCUT2D eigenvalue weighted by atomic mass is 16.5. The van der Waals surface area contributed by atoms with Gasteiger partial charge in [0.2, 0.25) is 0 Å². The summed E-state index contributed by atoms with van der Waals surface area (Å²) in [4.78, 5) is 14.0. The summed E-state index contributed by atoms with van der Waals surface area (Å²) >= 11 is 0. The minimum atomic E-state index is 0. The summed E-state index contributed by atoms with van der Waals surface area (Å²) in [6, 6.07) is 39.0. The van der Waals surface area contributed by atoms with Crippen LogP contribution >= 0.6 is 0 Å². The second kappa shape index (κ2) is 13.6. The Bertz CT molecular complexity index is 1190. The molecule has 1 fully saturated rings. The van der Waals surface area contributed by atoms with Crippen molar-refractivity contribution in [3.8, 4) is 5.75 Å². The quantitative estimate of drug-likeness (QED) is 0.222. The average molecular weight is 494 g/mol. The molecule has 1 saturated heterocycles. The molecule has 5 rings (SSSR count). The van der Waals surface area contributed by atoms with Gasteiger partial charge in [-0.2, -0.15) is 0 Å². The van der Waals surface area contributed by atoms with Gasteiger partial charge in [-0.1, -0.05) is 110 Å². The molecule has 3 nitrogen and oxygen atoms in total. The van der Waals surface area contributed by atoms with Gasteiger partial charge in [-0.3, -0.25) is 4.79 Å². The van der Waals surface area contributed by atoms with Crippen molar-refractivity contribution in [1.82, 2.24) is 4.90 Å². The summed E-state index contributed by atoms with van der Waals surface area (Å²) in [5.74, 6) is 2.08. The van der Waals surface area contributed by atoms with Gasteiger partial charge in [0, 0.05) is 20.4 Å². The number of nitrogens with zero attached hydrogens (tertiary/aromatic N) is 1. The van der Waals surface area contributed by atoms with Gasteiger partial charge in [0.1, 0.15) is 12.4 Å². The predicted molar refractivity (Wildman–Crippen MR) is 154 cm³/mol. The van der Waals surface area contributed by atoms with E-state index >= 15 is 0 Å². The topological polar surface area (TPSA) is 29.5 Å². The SMILES string of the molecule is CC(=O)c1ccccc1OCc1ccccc1.CC1CN(CCC(c2ccccc2)c2ccccc2)C1.[HH]. The highest BCUT2D eigenvalue weighted by molar-refractivity contribution is 5.96. The lowest BCUT2D eigenvalue weighted by Gasteiger charge is -2.38. The molecule has 192 valence electrons. The standard InChI is InChI=1S/C19H23N.C15H14O2.H2/c1-16-14-20(15-16)13-12-19(17-8-4-2-5-9-17)18-10-6-3-7-11-18;1-12(16)14-9-5-6-10-15(14)17-11-13-7-3-2-4-8-13;/h2-11,16,19H,12-15H2,1H3;2-10H,11H2,1H3;1H. The first kappa shape index (κ1) is 26.4. The summed E-state index contributed by atoms with van der Waals surface area (Å²) in [5, 5.41) is 0. The van der Waals surface area contributed by atoms with E-state index in [1.807, 2.05) is 48.5 Å². The second-order valence-electron chi connectivity index (χ2n) is 9.85. The van der Waals surface area contributed by atoms with Crippen molar-refractivity contribution in [3.05, 3.63) is 138 Å². The van der Waals surface area contributed by atoms with Crippen molar-refractivity contribution < 1.29 is 11.0 Å². The Balaban J connectivity index is 0.000000208. The third-order valence-electron chi connectivity index (χ3n) is 6.78. The maximum atomic E-state index is 11.4. The summed E-state index contributed by atoms with van der Waals surface area (Å²) in [5.41, 5.74) is 4.59. The summed E-state index contributed by atoms with van der Waals surface area (Å²) in [6.07, 6.45) is 1.21. The molecule has 0 radical (unpaired) electrons. The Labute approximate surface area is 223 Å². The Morgan fingerprint density at radius 1 is 0.811 bits per heavy atom. The third kappa shape index (κ3) is 7.90. The molecule has 0 spiro atoms. The van der Waals surface area contributed by atoms with Crippen molar-refractivity contribution in [1.29, 1.82) is 0 Å². The average Bonchev–Trinajstić information content (AvgIpc) is 2.93. The molecule has 0 aliphatic carbocycles. The molecule has 0 N–H and O–H groups in total. The molecule has 0 bridgehead atoms. The molecule has 37 heavy (non-hydrogen) atoms. The van der Waals surface area contributed by atoms with Crippen molar-refractivity contribution in [3.63, 3.8) is 0 Å². The number of rotatable bonds is 9. The number of ketones is 1. The Hall–Kier alpha value is -3.69. The van der Waals surface area contributed by atoms with E-state index < -0.39 is 0 Å². The van der Waals surface area contributed by atoms with Crippen molar-refractivity contribution >= 4 is 5.78 Å². The molecule has 0 saturated carbocycles. The molecule has 0 atom stereocenters. The number of ether oxygens (including phenoxy) is 1. The van der Waals surface area contributed by atoms with Gasteiger partial charge in [0.15, 0.2) is 5.78 Å². The largest absolute Gasteiger partial charge is 0.488 e. The van der Waals surface area contributed by atoms with Crippen molar-refractivity contribution in [2.24, 2.45) is 5.92 Å². The number of carbonyl (C=O) groups is 1. The van der Waals surface area contributed by atoms with Gasteiger partial charge in [0.05, 0.1) is 5.56 Å². The second-order valence-corrected chi connectivity index (χ2v) is 9.85. The molecular formula is C34H39NO2. The Morgan fingerprint density at radius 3 is 1.86 bits per heavy atom. The van der Waals surface area contributed by atoms with Crippen LogP contribution in [0.3, 0.4) is 0 Å². The van der Waals surface area contributed by atoms with Crippen LogP contribution in [0.25, 0.3) is 0 Å². The number of likely N-dealkylation sites (tertiary alicyclic amines) is 1. The van der Waals surface area contributed by atoms with Gasteiger partial charge in [-0.25, -0.2) is 0 Å². The van der Waals surface area contributed by atoms with Crippen LogP contribution in [0.5, 0.6) is 5.75 Å². The Kier molecular flexibility index (Phi) is 9.67. The van der Waals surface area contributed by atoms with Crippen molar-refractivity contribution in [2.45, 2.75) is 32.8 Å². The maximum absolute atomic E-state index is 11.4. The normalized spacial score (nSPS) is 13.4. The molecule has 1 heterocycles. The van der Waals surface area contributed by atoms with Crippen LogP contribution in [-0.2, 0) is 6.61 Å². The van der Waals surface area contributed by atoms with Gasteiger partial charge in [-0.05, 0) is 54.6 Å². The Morgan fingerprint density at radius 2 is 1.32 bits per heavy atom. The summed E-state index contributed by atoms with van der Waals surface area (Å²) in [7, 11) is 0. The number of carbonyl (C=O) groups excluding carboxylic acids is 1. The maximum Gasteiger partial charge on any atom is 0.163 e. The summed E-state index contributed by atoms with van der Waals surface area (Å²) < 4.78 is 5.66. The first-order valence-electron chi connectivity index (χ1n) is 13.2. The van der Waals surface area contributed by atoms with Crippen LogP contribution < -0.4 is 4.74 Å². The van der Waals surface area contributed by atoms with Crippen molar-refractivity contribution in [2.75, 3.05) is 19.6 Å². The van der Waals surface area contributed by atoms with E-state index in [1.165, 1.54) is 37.2 Å². The fourth-order valence-electron chi connectivity index (χ4n) is 4.84. The van der Waals surface area contributed by atoms with Crippen LogP contribution in [0, 0.1) is 5.92 Å². The lowest BCUT2D eigenvalue weighted by molar-refractivity contribution is 0.101. The van der Waals surface area contributed by atoms with E-state index in [1.54, 1.807) is 13.0 Å². The van der Waals surface area contributed by atoms with Crippen LogP contribution in [0.2, 0.25) is 0 Å². The highest BCUT2D eigenvalue weighted by Gasteiger charge is 2.23. The van der Waals surface area contributed by atoms with E-state index in [4.69, 9.17) is 4.74 Å². The zero-order valence-electron chi connectivity index (χ0n) is 21.9. The molecule has 0 unspecified atom stereocenters. The zero-order chi connectivity index (χ0) is 25.9. The number of Topliss-reactive ketones (excluding diaryl/α,β-unsaturated/α-hetero) is 1. The molecule has 3 heteroatoms. The van der Waals surface area contributed by atoms with E-state index in [0.717, 1.165) is 11.5 Å². The minimum Gasteiger partial charge on any atom is -0.488 e. The van der Waals surface area contributed by atoms with Crippen LogP contribution in [0.4, 0.5) is 0 Å². The van der Waals surface area contributed by atoms with Gasteiger partial charge >= 0.3 is 0 Å². The molecular weight excluding hydrogens is 454 g/mol. The molecule has 4 aromatic carbocycles. The fourth-order valence-corrected chi connectivity index (χ4v) is 4.84. The number of hydrogen-bond donors (Lipinski definition) is 0. The molecule has 4 aromatic rings. The molecule has 1 aliphatic heterocycles. The number of hydrogen-bond acceptors (Lipinski definition) is 3. The highest BCUT2D eigenvalue weighted by Crippen LogP contribution is 2.29. The fraction of sp³-hybridized carbons (Fsp3) is 0.265. The predicted octanol–water partition coefficient (Wildman–Crippen LogP) is 7.87. The molecule has 1 aliphatic rings. The van der Waals surface area contributed by atoms with Crippen LogP contribution in [0.15, 0.2) is 115 Å². The van der Waals surface area contributed by atoms with E-state index in [-0.39, 0.29) is 7.21 Å². The lowest BCUT2D eigenvalue weighted by atomic mass is 9.88. The minimum absolute atomic E-state index is 0. The van der Waals surface area contributed by atoms with Crippen LogP contribution in [-0.4, -0.2) is 30.3 Å². The zero-order valence-corrected chi connectivity index (χ0v) is 21.9. The van der Waals surface area contributed by atoms with Gasteiger partial charge in [0.25, 0.3) is 0 Å². The van der Waals surface area contributed by atoms with Gasteiger partial charge < -0.3 is 9.64 Å². The first-order chi connectivity index (χ1) is 18.1. The first-order valence-corrected chi connectivity index (χ1v) is 13.2. The smallest absolute Gasteiger partial charge is 0.163 e. The van der Waals surface area contributed by atoms with E-state index in [2.05, 4.69) is 72.5 Å². The third-order valence-corrected chi connectivity index (χ3v) is 6.78. The molecule has 0 aromatic heterocycles. The van der Waals surface area contributed by atoms with Gasteiger partial charge in [-0.15, -0.1) is 0 Å². The summed E-state index contributed by atoms with van der Waals surface area (Å²) in [6.45, 7) is 8.11. The van der Waals surface area contributed by atoms with E-state index in [9.17, 15) is 4.79 Å². The number of benzene rings is 4. The van der Waals surface area contributed by atoms with E-state index in [0.29, 0.717) is 23.8 Å². The lowest BCUT2D eigenvalue weighted by Crippen LogP contribution is -2.45. The van der Waals surface area contributed by atoms with Crippen LogP contribution in [0.1, 0.15) is 54.7 Å². The molecule has 0 amide bonds. The number of para-hydroxylation sites is 1.